The maximum Gasteiger partial charge on any atom is 0.0991 e. The Morgan fingerprint density at radius 1 is 1.36 bits per heavy atom. The lowest BCUT2D eigenvalue weighted by Crippen LogP contribution is -2.00. The van der Waals surface area contributed by atoms with Crippen molar-refractivity contribution in [3.05, 3.63) is 35.4 Å². The molecule has 1 aromatic rings. The summed E-state index contributed by atoms with van der Waals surface area (Å²) in [6, 6.07) is 9.52. The van der Waals surface area contributed by atoms with Gasteiger partial charge in [0.25, 0.3) is 0 Å². The predicted molar refractivity (Wildman–Crippen MR) is 57.5 cm³/mol. The average Bonchev–Trinajstić information content (AvgIpc) is 2.19. The molecule has 0 heterocycles. The minimum atomic E-state index is 0.677. The number of nitriles is 1. The van der Waals surface area contributed by atoms with Gasteiger partial charge in [-0.1, -0.05) is 25.5 Å². The summed E-state index contributed by atoms with van der Waals surface area (Å²) in [4.78, 5) is 0. The standard InChI is InChI=1S/C12H14N2/c1-2-3-12(14)8-10-4-6-11(9-13)7-5-10/h4-7,14H,2-3,8H2,1H3. The number of hydrogen-bond acceptors (Lipinski definition) is 2. The predicted octanol–water partition coefficient (Wildman–Crippen LogP) is 2.92. The maximum absolute atomic E-state index is 8.60. The first-order chi connectivity index (χ1) is 6.76. The molecule has 14 heavy (non-hydrogen) atoms. The van der Waals surface area contributed by atoms with Crippen LogP contribution in [0, 0.1) is 16.7 Å². The highest BCUT2D eigenvalue weighted by Crippen LogP contribution is 2.06. The van der Waals surface area contributed by atoms with Crippen molar-refractivity contribution in [1.29, 1.82) is 10.7 Å². The van der Waals surface area contributed by atoms with Gasteiger partial charge in [0.05, 0.1) is 11.6 Å². The highest BCUT2D eigenvalue weighted by molar-refractivity contribution is 5.83. The smallest absolute Gasteiger partial charge is 0.0991 e. The van der Waals surface area contributed by atoms with Gasteiger partial charge in [-0.3, -0.25) is 0 Å². The Morgan fingerprint density at radius 3 is 2.50 bits per heavy atom. The van der Waals surface area contributed by atoms with Crippen molar-refractivity contribution in [2.45, 2.75) is 26.2 Å². The number of rotatable bonds is 4. The van der Waals surface area contributed by atoms with Gasteiger partial charge in [-0.25, -0.2) is 0 Å². The van der Waals surface area contributed by atoms with Crippen molar-refractivity contribution >= 4 is 5.71 Å². The van der Waals surface area contributed by atoms with Crippen molar-refractivity contribution in [3.63, 3.8) is 0 Å². The zero-order valence-electron chi connectivity index (χ0n) is 8.38. The summed E-state index contributed by atoms with van der Waals surface area (Å²) in [7, 11) is 0. The van der Waals surface area contributed by atoms with Gasteiger partial charge in [-0.05, 0) is 24.1 Å². The molecule has 0 unspecified atom stereocenters. The summed E-state index contributed by atoms with van der Waals surface area (Å²) in [6.07, 6.45) is 2.59. The Kier molecular flexibility index (Phi) is 3.87. The van der Waals surface area contributed by atoms with Gasteiger partial charge in [0, 0.05) is 12.1 Å². The summed E-state index contributed by atoms with van der Waals surface area (Å²) in [5.74, 6) is 0. The zero-order chi connectivity index (χ0) is 10.4. The largest absolute Gasteiger partial charge is 0.309 e. The van der Waals surface area contributed by atoms with Gasteiger partial charge in [-0.2, -0.15) is 5.26 Å². The van der Waals surface area contributed by atoms with E-state index in [1.54, 1.807) is 12.1 Å². The van der Waals surface area contributed by atoms with Crippen LogP contribution in [0.5, 0.6) is 0 Å². The molecule has 0 bridgehead atoms. The molecule has 1 N–H and O–H groups in total. The highest BCUT2D eigenvalue weighted by Gasteiger charge is 1.98. The fraction of sp³-hybridized carbons (Fsp3) is 0.333. The van der Waals surface area contributed by atoms with Gasteiger partial charge in [-0.15, -0.1) is 0 Å². The topological polar surface area (TPSA) is 47.6 Å². The van der Waals surface area contributed by atoms with E-state index in [2.05, 4.69) is 13.0 Å². The van der Waals surface area contributed by atoms with Crippen molar-refractivity contribution in [3.8, 4) is 6.07 Å². The fourth-order valence-corrected chi connectivity index (χ4v) is 1.33. The van der Waals surface area contributed by atoms with E-state index < -0.39 is 0 Å². The number of benzene rings is 1. The van der Waals surface area contributed by atoms with Gasteiger partial charge >= 0.3 is 0 Å². The third-order valence-corrected chi connectivity index (χ3v) is 2.05. The van der Waals surface area contributed by atoms with Crippen LogP contribution in [-0.2, 0) is 6.42 Å². The van der Waals surface area contributed by atoms with Crippen molar-refractivity contribution in [2.75, 3.05) is 0 Å². The summed E-state index contributed by atoms with van der Waals surface area (Å²) in [5, 5.41) is 16.3. The Hall–Kier alpha value is -1.62. The summed E-state index contributed by atoms with van der Waals surface area (Å²) in [6.45, 7) is 2.08. The molecule has 1 aromatic carbocycles. The molecular weight excluding hydrogens is 172 g/mol. The molecule has 0 aromatic heterocycles. The molecule has 0 saturated carbocycles. The van der Waals surface area contributed by atoms with E-state index >= 15 is 0 Å². The van der Waals surface area contributed by atoms with E-state index in [4.69, 9.17) is 10.7 Å². The fourth-order valence-electron chi connectivity index (χ4n) is 1.33. The van der Waals surface area contributed by atoms with Crippen LogP contribution in [0.1, 0.15) is 30.9 Å². The average molecular weight is 186 g/mol. The Morgan fingerprint density at radius 2 is 2.00 bits per heavy atom. The van der Waals surface area contributed by atoms with Gasteiger partial charge in [0.1, 0.15) is 0 Å². The van der Waals surface area contributed by atoms with Crippen LogP contribution in [-0.4, -0.2) is 5.71 Å². The molecule has 0 fully saturated rings. The molecule has 1 rings (SSSR count). The second-order valence-corrected chi connectivity index (χ2v) is 3.34. The van der Waals surface area contributed by atoms with Crippen molar-refractivity contribution < 1.29 is 0 Å². The van der Waals surface area contributed by atoms with Gasteiger partial charge < -0.3 is 5.41 Å². The van der Waals surface area contributed by atoms with Crippen LogP contribution in [0.2, 0.25) is 0 Å². The molecule has 0 aliphatic rings. The van der Waals surface area contributed by atoms with Crippen molar-refractivity contribution in [1.82, 2.24) is 0 Å². The SMILES string of the molecule is CCCC(=N)Cc1ccc(C#N)cc1. The van der Waals surface area contributed by atoms with Gasteiger partial charge in [0.2, 0.25) is 0 Å². The molecule has 2 heteroatoms. The van der Waals surface area contributed by atoms with E-state index in [1.807, 2.05) is 12.1 Å². The molecule has 0 saturated heterocycles. The zero-order valence-corrected chi connectivity index (χ0v) is 8.38. The lowest BCUT2D eigenvalue weighted by molar-refractivity contribution is 0.965. The van der Waals surface area contributed by atoms with Crippen LogP contribution < -0.4 is 0 Å². The van der Waals surface area contributed by atoms with Crippen molar-refractivity contribution in [2.24, 2.45) is 0 Å². The Balaban J connectivity index is 2.61. The maximum atomic E-state index is 8.60. The molecule has 0 aliphatic carbocycles. The molecular formula is C12H14N2. The van der Waals surface area contributed by atoms with E-state index in [9.17, 15) is 0 Å². The Labute approximate surface area is 84.7 Å². The normalized spacial score (nSPS) is 9.43. The van der Waals surface area contributed by atoms with Crippen LogP contribution in [0.15, 0.2) is 24.3 Å². The lowest BCUT2D eigenvalue weighted by atomic mass is 10.0. The first kappa shape index (κ1) is 10.5. The molecule has 72 valence electrons. The molecule has 0 spiro atoms. The second kappa shape index (κ2) is 5.18. The number of nitrogens with zero attached hydrogens (tertiary/aromatic N) is 1. The summed E-state index contributed by atoms with van der Waals surface area (Å²) < 4.78 is 0. The molecule has 0 atom stereocenters. The third-order valence-electron chi connectivity index (χ3n) is 2.05. The monoisotopic (exact) mass is 186 g/mol. The molecule has 0 amide bonds. The van der Waals surface area contributed by atoms with Crippen LogP contribution in [0.25, 0.3) is 0 Å². The second-order valence-electron chi connectivity index (χ2n) is 3.34. The molecule has 2 nitrogen and oxygen atoms in total. The summed E-state index contributed by atoms with van der Waals surface area (Å²) >= 11 is 0. The minimum absolute atomic E-state index is 0.677. The Bertz CT molecular complexity index is 344. The minimum Gasteiger partial charge on any atom is -0.309 e. The molecule has 0 aliphatic heterocycles. The third kappa shape index (κ3) is 3.02. The number of nitrogens with one attached hydrogen (secondary N) is 1. The van der Waals surface area contributed by atoms with E-state index in [0.29, 0.717) is 12.0 Å². The number of hydrogen-bond donors (Lipinski definition) is 1. The first-order valence-electron chi connectivity index (χ1n) is 4.81. The quantitative estimate of drug-likeness (QED) is 0.722. The van der Waals surface area contributed by atoms with Crippen LogP contribution in [0.4, 0.5) is 0 Å². The lowest BCUT2D eigenvalue weighted by Gasteiger charge is -2.02. The van der Waals surface area contributed by atoms with E-state index in [-0.39, 0.29) is 0 Å². The molecule has 0 radical (unpaired) electrons. The highest BCUT2D eigenvalue weighted by atomic mass is 14.4. The van der Waals surface area contributed by atoms with E-state index in [0.717, 1.165) is 24.1 Å². The van der Waals surface area contributed by atoms with Crippen LogP contribution >= 0.6 is 0 Å². The summed E-state index contributed by atoms with van der Waals surface area (Å²) in [5.41, 5.74) is 2.55. The van der Waals surface area contributed by atoms with Crippen LogP contribution in [0.3, 0.4) is 0 Å². The first-order valence-corrected chi connectivity index (χ1v) is 4.81. The van der Waals surface area contributed by atoms with E-state index in [1.165, 1.54) is 0 Å². The van der Waals surface area contributed by atoms with Gasteiger partial charge in [0.15, 0.2) is 0 Å².